The summed E-state index contributed by atoms with van der Waals surface area (Å²) in [5.74, 6) is 0.435. The van der Waals surface area contributed by atoms with Gasteiger partial charge in [-0.1, -0.05) is 11.6 Å². The fourth-order valence-corrected chi connectivity index (χ4v) is 3.25. The minimum absolute atomic E-state index is 0.00635. The van der Waals surface area contributed by atoms with Crippen molar-refractivity contribution in [1.82, 2.24) is 4.90 Å². The molecule has 1 heterocycles. The van der Waals surface area contributed by atoms with E-state index in [-0.39, 0.29) is 11.9 Å². The molecule has 1 aliphatic rings. The summed E-state index contributed by atoms with van der Waals surface area (Å²) in [4.78, 5) is 2.09. The first-order chi connectivity index (χ1) is 9.28. The van der Waals surface area contributed by atoms with Crippen LogP contribution in [0.15, 0.2) is 12.1 Å². The predicted molar refractivity (Wildman–Crippen MR) is 78.4 cm³/mol. The minimum Gasteiger partial charge on any atom is -0.493 e. The van der Waals surface area contributed by atoms with Crippen molar-refractivity contribution < 1.29 is 17.9 Å². The third-order valence-corrected chi connectivity index (χ3v) is 4.16. The second-order valence-corrected chi connectivity index (χ2v) is 7.95. The molecule has 0 spiro atoms. The maximum absolute atomic E-state index is 11.3. The van der Waals surface area contributed by atoms with Crippen molar-refractivity contribution in [2.24, 2.45) is 0 Å². The SMILES string of the molecule is COc1cc(Cl)cc(CS(=O)(=O)Cl)c1OC1CN(C)C1. The topological polar surface area (TPSA) is 55.8 Å². The van der Waals surface area contributed by atoms with E-state index in [4.69, 9.17) is 31.8 Å². The van der Waals surface area contributed by atoms with Crippen LogP contribution in [0.3, 0.4) is 0 Å². The number of hydrogen-bond donors (Lipinski definition) is 0. The van der Waals surface area contributed by atoms with Gasteiger partial charge in [-0.05, 0) is 13.1 Å². The van der Waals surface area contributed by atoms with E-state index >= 15 is 0 Å². The Hall–Kier alpha value is -0.690. The normalized spacial score (nSPS) is 16.8. The summed E-state index contributed by atoms with van der Waals surface area (Å²) in [6, 6.07) is 3.12. The molecule has 20 heavy (non-hydrogen) atoms. The highest BCUT2D eigenvalue weighted by molar-refractivity contribution is 8.13. The average molecular weight is 340 g/mol. The molecule has 1 saturated heterocycles. The van der Waals surface area contributed by atoms with Gasteiger partial charge >= 0.3 is 0 Å². The Balaban J connectivity index is 2.34. The molecule has 0 unspecified atom stereocenters. The molecule has 0 aliphatic carbocycles. The van der Waals surface area contributed by atoms with Crippen molar-refractivity contribution in [1.29, 1.82) is 0 Å². The van der Waals surface area contributed by atoms with Crippen LogP contribution in [0, 0.1) is 0 Å². The average Bonchev–Trinajstić information content (AvgIpc) is 2.27. The Labute approximate surface area is 127 Å². The Bertz CT molecular complexity index is 600. The number of nitrogens with zero attached hydrogens (tertiary/aromatic N) is 1. The molecular formula is C12H15Cl2NO4S. The molecule has 2 rings (SSSR count). The van der Waals surface area contributed by atoms with Gasteiger partial charge in [-0.15, -0.1) is 0 Å². The maximum atomic E-state index is 11.3. The number of likely N-dealkylation sites (N-methyl/N-ethyl adjacent to an activating group) is 1. The standard InChI is InChI=1S/C12H15Cl2NO4S/c1-15-5-10(6-15)19-12-8(7-20(14,16)17)3-9(13)4-11(12)18-2/h3-4,10H,5-7H2,1-2H3. The zero-order valence-electron chi connectivity index (χ0n) is 11.1. The van der Waals surface area contributed by atoms with Gasteiger partial charge in [0, 0.05) is 40.4 Å². The maximum Gasteiger partial charge on any atom is 0.236 e. The molecule has 1 fully saturated rings. The van der Waals surface area contributed by atoms with Gasteiger partial charge in [-0.3, -0.25) is 4.90 Å². The van der Waals surface area contributed by atoms with Gasteiger partial charge < -0.3 is 9.47 Å². The number of hydrogen-bond acceptors (Lipinski definition) is 5. The summed E-state index contributed by atoms with van der Waals surface area (Å²) in [6.07, 6.45) is 0.00635. The number of halogens is 2. The zero-order valence-corrected chi connectivity index (χ0v) is 13.4. The van der Waals surface area contributed by atoms with Crippen LogP contribution in [0.2, 0.25) is 5.02 Å². The van der Waals surface area contributed by atoms with E-state index in [1.807, 2.05) is 7.05 Å². The monoisotopic (exact) mass is 339 g/mol. The molecule has 0 aromatic heterocycles. The Kier molecular flexibility index (Phi) is 4.69. The van der Waals surface area contributed by atoms with Gasteiger partial charge in [0.05, 0.1) is 12.9 Å². The third-order valence-electron chi connectivity index (χ3n) is 2.96. The summed E-state index contributed by atoms with van der Waals surface area (Å²) in [5, 5.41) is 0.371. The van der Waals surface area contributed by atoms with Crippen molar-refractivity contribution in [2.45, 2.75) is 11.9 Å². The second-order valence-electron chi connectivity index (χ2n) is 4.74. The molecule has 0 atom stereocenters. The molecule has 0 N–H and O–H groups in total. The molecule has 5 nitrogen and oxygen atoms in total. The van der Waals surface area contributed by atoms with Crippen LogP contribution >= 0.6 is 22.3 Å². The molecule has 0 amide bonds. The molecule has 8 heteroatoms. The minimum atomic E-state index is -3.71. The van der Waals surface area contributed by atoms with Crippen molar-refractivity contribution in [3.8, 4) is 11.5 Å². The molecule has 1 aliphatic heterocycles. The van der Waals surface area contributed by atoms with Crippen LogP contribution in [-0.4, -0.2) is 46.7 Å². The van der Waals surface area contributed by atoms with E-state index in [0.29, 0.717) is 22.1 Å². The van der Waals surface area contributed by atoms with E-state index in [0.717, 1.165) is 13.1 Å². The lowest BCUT2D eigenvalue weighted by molar-refractivity contribution is 0.0364. The van der Waals surface area contributed by atoms with Gasteiger partial charge in [-0.25, -0.2) is 8.42 Å². The predicted octanol–water partition coefficient (Wildman–Crippen LogP) is 2.11. The summed E-state index contributed by atoms with van der Waals surface area (Å²) >= 11 is 5.96. The van der Waals surface area contributed by atoms with Gasteiger partial charge in [0.25, 0.3) is 0 Å². The lowest BCUT2D eigenvalue weighted by Gasteiger charge is -2.36. The van der Waals surface area contributed by atoms with Crippen LogP contribution in [0.4, 0.5) is 0 Å². The number of benzene rings is 1. The molecule has 1 aromatic rings. The second kappa shape index (κ2) is 5.97. The van der Waals surface area contributed by atoms with Crippen LogP contribution in [0.5, 0.6) is 11.5 Å². The molecule has 0 saturated carbocycles. The smallest absolute Gasteiger partial charge is 0.236 e. The van der Waals surface area contributed by atoms with Crippen molar-refractivity contribution in [2.75, 3.05) is 27.2 Å². The largest absolute Gasteiger partial charge is 0.493 e. The van der Waals surface area contributed by atoms with E-state index in [1.54, 1.807) is 6.07 Å². The van der Waals surface area contributed by atoms with Crippen molar-refractivity contribution in [3.05, 3.63) is 22.7 Å². The van der Waals surface area contributed by atoms with Gasteiger partial charge in [0.2, 0.25) is 9.05 Å². The van der Waals surface area contributed by atoms with Gasteiger partial charge in [0.15, 0.2) is 11.5 Å². The van der Waals surface area contributed by atoms with E-state index in [2.05, 4.69) is 4.90 Å². The summed E-state index contributed by atoms with van der Waals surface area (Å²) < 4.78 is 33.6. The highest BCUT2D eigenvalue weighted by Gasteiger charge is 2.28. The highest BCUT2D eigenvalue weighted by Crippen LogP contribution is 2.37. The van der Waals surface area contributed by atoms with Crippen LogP contribution in [-0.2, 0) is 14.8 Å². The Morgan fingerprint density at radius 3 is 2.55 bits per heavy atom. The van der Waals surface area contributed by atoms with Gasteiger partial charge in [0.1, 0.15) is 6.10 Å². The molecule has 1 aromatic carbocycles. The molecule has 112 valence electrons. The first kappa shape index (κ1) is 15.7. The zero-order chi connectivity index (χ0) is 14.9. The Morgan fingerprint density at radius 1 is 1.40 bits per heavy atom. The van der Waals surface area contributed by atoms with Crippen LogP contribution < -0.4 is 9.47 Å². The summed E-state index contributed by atoms with van der Waals surface area (Å²) in [5.41, 5.74) is 0.402. The van der Waals surface area contributed by atoms with Crippen molar-refractivity contribution >= 4 is 31.3 Å². The van der Waals surface area contributed by atoms with Crippen LogP contribution in [0.1, 0.15) is 5.56 Å². The number of rotatable bonds is 5. The van der Waals surface area contributed by atoms with E-state index in [9.17, 15) is 8.42 Å². The first-order valence-electron chi connectivity index (χ1n) is 5.92. The van der Waals surface area contributed by atoms with Crippen molar-refractivity contribution in [3.63, 3.8) is 0 Å². The lowest BCUT2D eigenvalue weighted by atomic mass is 10.1. The summed E-state index contributed by atoms with van der Waals surface area (Å²) in [7, 11) is 5.06. The quantitative estimate of drug-likeness (QED) is 0.769. The number of likely N-dealkylation sites (tertiary alicyclic amines) is 1. The van der Waals surface area contributed by atoms with E-state index in [1.165, 1.54) is 13.2 Å². The highest BCUT2D eigenvalue weighted by atomic mass is 35.7. The van der Waals surface area contributed by atoms with Crippen LogP contribution in [0.25, 0.3) is 0 Å². The van der Waals surface area contributed by atoms with Gasteiger partial charge in [-0.2, -0.15) is 0 Å². The first-order valence-corrected chi connectivity index (χ1v) is 8.78. The fraction of sp³-hybridized carbons (Fsp3) is 0.500. The lowest BCUT2D eigenvalue weighted by Crippen LogP contribution is -2.51. The molecule has 0 radical (unpaired) electrons. The fourth-order valence-electron chi connectivity index (χ4n) is 2.08. The third kappa shape index (κ3) is 3.91. The molecular weight excluding hydrogens is 325 g/mol. The summed E-state index contributed by atoms with van der Waals surface area (Å²) in [6.45, 7) is 1.55. The molecule has 0 bridgehead atoms. The number of ether oxygens (including phenoxy) is 2. The van der Waals surface area contributed by atoms with E-state index < -0.39 is 9.05 Å². The Morgan fingerprint density at radius 2 is 2.05 bits per heavy atom. The number of methoxy groups -OCH3 is 1.